The van der Waals surface area contributed by atoms with Crippen molar-refractivity contribution in [1.29, 1.82) is 0 Å². The van der Waals surface area contributed by atoms with E-state index in [0.29, 0.717) is 24.2 Å². The Hall–Kier alpha value is -0.810. The lowest BCUT2D eigenvalue weighted by molar-refractivity contribution is -0.0821. The molecule has 126 valence electrons. The van der Waals surface area contributed by atoms with Crippen molar-refractivity contribution < 1.29 is 9.50 Å². The second kappa shape index (κ2) is 5.35. The third-order valence-electron chi connectivity index (χ3n) is 7.87. The van der Waals surface area contributed by atoms with E-state index in [2.05, 4.69) is 24.8 Å². The van der Waals surface area contributed by atoms with Crippen molar-refractivity contribution in [3.63, 3.8) is 0 Å². The van der Waals surface area contributed by atoms with Crippen molar-refractivity contribution in [3.8, 4) is 11.8 Å². The Balaban J connectivity index is 1.64. The molecule has 5 unspecified atom stereocenters. The summed E-state index contributed by atoms with van der Waals surface area (Å²) in [6, 6.07) is 0. The van der Waals surface area contributed by atoms with Crippen LogP contribution in [-0.2, 0) is 0 Å². The molecular weight excluding hydrogens is 287 g/mol. The van der Waals surface area contributed by atoms with Gasteiger partial charge in [0, 0.05) is 5.41 Å². The second-order valence-electron chi connectivity index (χ2n) is 8.66. The molecule has 0 spiro atoms. The summed E-state index contributed by atoms with van der Waals surface area (Å²) in [5, 5.41) is 11.2. The number of fused-ring (bicyclic) bond motifs is 5. The highest BCUT2D eigenvalue weighted by Gasteiger charge is 2.61. The minimum Gasteiger partial charge on any atom is -0.377 e. The van der Waals surface area contributed by atoms with Gasteiger partial charge in [-0.05, 0) is 82.0 Å². The van der Waals surface area contributed by atoms with E-state index in [1.165, 1.54) is 12.0 Å². The number of alkyl halides is 1. The lowest BCUT2D eigenvalue weighted by Gasteiger charge is -2.54. The summed E-state index contributed by atoms with van der Waals surface area (Å²) in [5.41, 5.74) is 0.563. The topological polar surface area (TPSA) is 20.2 Å². The lowest BCUT2D eigenvalue weighted by Crippen LogP contribution is -2.52. The van der Waals surface area contributed by atoms with Crippen LogP contribution in [0.4, 0.5) is 4.39 Å². The van der Waals surface area contributed by atoms with Gasteiger partial charge in [0.2, 0.25) is 0 Å². The molecular formula is C21H29FO. The Bertz CT molecular complexity index is 584. The van der Waals surface area contributed by atoms with Crippen LogP contribution in [0.2, 0.25) is 0 Å². The molecule has 7 atom stereocenters. The maximum Gasteiger partial charge on any atom is 0.131 e. The molecule has 3 fully saturated rings. The molecule has 0 aromatic heterocycles. The van der Waals surface area contributed by atoms with E-state index >= 15 is 0 Å². The second-order valence-corrected chi connectivity index (χ2v) is 8.66. The van der Waals surface area contributed by atoms with Gasteiger partial charge in [0.1, 0.15) is 11.8 Å². The Morgan fingerprint density at radius 3 is 2.78 bits per heavy atom. The number of allylic oxidation sites excluding steroid dienone is 2. The summed E-state index contributed by atoms with van der Waals surface area (Å²) in [6.45, 7) is 4.12. The Morgan fingerprint density at radius 2 is 2.00 bits per heavy atom. The molecule has 0 bridgehead atoms. The molecule has 4 aliphatic carbocycles. The van der Waals surface area contributed by atoms with Crippen LogP contribution in [0.15, 0.2) is 11.6 Å². The van der Waals surface area contributed by atoms with E-state index in [4.69, 9.17) is 0 Å². The third kappa shape index (κ3) is 2.15. The summed E-state index contributed by atoms with van der Waals surface area (Å²) in [4.78, 5) is 0. The molecule has 2 heteroatoms. The SMILES string of the molecule is CC#C[C@]1(O)CCC2C3CC=C4CC(F)CCC4C3CC[C@@]21C. The van der Waals surface area contributed by atoms with Gasteiger partial charge in [-0.1, -0.05) is 24.5 Å². The van der Waals surface area contributed by atoms with Crippen LogP contribution in [0.1, 0.15) is 65.2 Å². The van der Waals surface area contributed by atoms with Crippen molar-refractivity contribution in [2.24, 2.45) is 29.1 Å². The fourth-order valence-electron chi connectivity index (χ4n) is 6.65. The quantitative estimate of drug-likeness (QED) is 0.509. The zero-order valence-corrected chi connectivity index (χ0v) is 14.4. The van der Waals surface area contributed by atoms with Crippen molar-refractivity contribution in [2.45, 2.75) is 77.0 Å². The lowest BCUT2D eigenvalue weighted by atomic mass is 9.51. The van der Waals surface area contributed by atoms with E-state index < -0.39 is 11.8 Å². The van der Waals surface area contributed by atoms with Gasteiger partial charge in [-0.25, -0.2) is 4.39 Å². The molecule has 0 amide bonds. The van der Waals surface area contributed by atoms with Crippen LogP contribution in [0.5, 0.6) is 0 Å². The minimum absolute atomic E-state index is 0.0557. The standard InChI is InChI=1S/C21H29FO/c1-3-10-21(23)12-9-19-18-6-4-14-13-15(22)5-7-16(14)17(18)8-11-20(19,21)2/h4,15-19,23H,5-9,11-13H2,1-2H3/t15?,16?,17?,18?,19?,20-,21-/m0/s1. The molecule has 0 saturated heterocycles. The molecule has 1 N–H and O–H groups in total. The minimum atomic E-state index is -0.794. The molecule has 0 heterocycles. The first-order chi connectivity index (χ1) is 11.0. The van der Waals surface area contributed by atoms with E-state index in [1.54, 1.807) is 0 Å². The van der Waals surface area contributed by atoms with Gasteiger partial charge in [0.25, 0.3) is 0 Å². The van der Waals surface area contributed by atoms with Gasteiger partial charge in [0.15, 0.2) is 0 Å². The fourth-order valence-corrected chi connectivity index (χ4v) is 6.65. The number of hydrogen-bond donors (Lipinski definition) is 1. The predicted molar refractivity (Wildman–Crippen MR) is 90.4 cm³/mol. The van der Waals surface area contributed by atoms with Crippen LogP contribution >= 0.6 is 0 Å². The highest BCUT2D eigenvalue weighted by atomic mass is 19.1. The van der Waals surface area contributed by atoms with Crippen molar-refractivity contribution >= 4 is 0 Å². The maximum absolute atomic E-state index is 13.8. The summed E-state index contributed by atoms with van der Waals surface area (Å²) in [6.07, 6.45) is 9.51. The fraction of sp³-hybridized carbons (Fsp3) is 0.810. The van der Waals surface area contributed by atoms with Crippen LogP contribution < -0.4 is 0 Å². The number of aliphatic hydroxyl groups is 1. The van der Waals surface area contributed by atoms with Gasteiger partial charge in [0.05, 0.1) is 0 Å². The molecule has 3 saturated carbocycles. The van der Waals surface area contributed by atoms with Crippen LogP contribution in [0.25, 0.3) is 0 Å². The van der Waals surface area contributed by atoms with E-state index in [1.807, 2.05) is 6.92 Å². The van der Waals surface area contributed by atoms with Crippen LogP contribution in [-0.4, -0.2) is 16.9 Å². The normalized spacial score (nSPS) is 51.7. The van der Waals surface area contributed by atoms with Gasteiger partial charge in [-0.15, -0.1) is 5.92 Å². The molecule has 0 aliphatic heterocycles. The first-order valence-electron chi connectivity index (χ1n) is 9.48. The summed E-state index contributed by atoms with van der Waals surface area (Å²) in [5.74, 6) is 8.73. The van der Waals surface area contributed by atoms with Gasteiger partial charge in [-0.2, -0.15) is 0 Å². The molecule has 23 heavy (non-hydrogen) atoms. The summed E-state index contributed by atoms with van der Waals surface area (Å²) in [7, 11) is 0. The highest BCUT2D eigenvalue weighted by Crippen LogP contribution is 2.64. The Labute approximate surface area is 139 Å². The Morgan fingerprint density at radius 1 is 1.17 bits per heavy atom. The molecule has 0 aromatic carbocycles. The largest absolute Gasteiger partial charge is 0.377 e. The molecule has 1 nitrogen and oxygen atoms in total. The van der Waals surface area contributed by atoms with Crippen LogP contribution in [0.3, 0.4) is 0 Å². The molecule has 4 rings (SSSR count). The van der Waals surface area contributed by atoms with E-state index in [0.717, 1.165) is 44.4 Å². The van der Waals surface area contributed by atoms with E-state index in [-0.39, 0.29) is 5.41 Å². The van der Waals surface area contributed by atoms with Crippen molar-refractivity contribution in [3.05, 3.63) is 11.6 Å². The van der Waals surface area contributed by atoms with Gasteiger partial charge in [-0.3, -0.25) is 0 Å². The monoisotopic (exact) mass is 316 g/mol. The van der Waals surface area contributed by atoms with Gasteiger partial charge < -0.3 is 5.11 Å². The third-order valence-corrected chi connectivity index (χ3v) is 7.87. The number of hydrogen-bond acceptors (Lipinski definition) is 1. The zero-order valence-electron chi connectivity index (χ0n) is 14.4. The molecule has 4 aliphatic rings. The maximum atomic E-state index is 13.8. The smallest absolute Gasteiger partial charge is 0.131 e. The summed E-state index contributed by atoms with van der Waals surface area (Å²) < 4.78 is 13.8. The molecule has 0 radical (unpaired) electrons. The molecule has 0 aromatic rings. The predicted octanol–water partition coefficient (Wildman–Crippen LogP) is 4.65. The van der Waals surface area contributed by atoms with Crippen molar-refractivity contribution in [1.82, 2.24) is 0 Å². The first kappa shape index (κ1) is 15.7. The van der Waals surface area contributed by atoms with Crippen LogP contribution in [0, 0.1) is 40.9 Å². The average molecular weight is 316 g/mol. The number of halogens is 1. The summed E-state index contributed by atoms with van der Waals surface area (Å²) >= 11 is 0. The van der Waals surface area contributed by atoms with Gasteiger partial charge >= 0.3 is 0 Å². The zero-order chi connectivity index (χ0) is 16.2. The highest BCUT2D eigenvalue weighted by molar-refractivity contribution is 5.27. The number of rotatable bonds is 0. The first-order valence-corrected chi connectivity index (χ1v) is 9.48. The Kier molecular flexibility index (Phi) is 3.65. The average Bonchev–Trinajstić information content (AvgIpc) is 2.79. The van der Waals surface area contributed by atoms with E-state index in [9.17, 15) is 9.50 Å². The van der Waals surface area contributed by atoms with Crippen molar-refractivity contribution in [2.75, 3.05) is 0 Å².